The van der Waals surface area contributed by atoms with E-state index >= 15 is 0 Å². The number of hydrogen-bond donors (Lipinski definition) is 0. The van der Waals surface area contributed by atoms with Crippen molar-refractivity contribution >= 4 is 0 Å². The maximum atomic E-state index is 13.5. The molecule has 0 N–H and O–H groups in total. The molecule has 0 radical (unpaired) electrons. The predicted molar refractivity (Wildman–Crippen MR) is 124 cm³/mol. The SMILES string of the molecule is CCCn1c(=O)c(-c2ccnn2-c2ccc(C#N)cc2)c(C)n(-c2cccc(C(F)(F)F)c2)c1=O. The highest BCUT2D eigenvalue weighted by molar-refractivity contribution is 5.64. The van der Waals surface area contributed by atoms with Crippen LogP contribution >= 0.6 is 0 Å². The van der Waals surface area contributed by atoms with Gasteiger partial charge in [-0.3, -0.25) is 13.9 Å². The Bertz CT molecular complexity index is 1550. The van der Waals surface area contributed by atoms with Crippen molar-refractivity contribution in [2.75, 3.05) is 0 Å². The van der Waals surface area contributed by atoms with Crippen LogP contribution < -0.4 is 11.2 Å². The summed E-state index contributed by atoms with van der Waals surface area (Å²) in [5, 5.41) is 13.4. The van der Waals surface area contributed by atoms with Gasteiger partial charge in [-0.25, -0.2) is 9.48 Å². The van der Waals surface area contributed by atoms with Crippen molar-refractivity contribution in [3.05, 3.63) is 98.5 Å². The summed E-state index contributed by atoms with van der Waals surface area (Å²) in [6, 6.07) is 14.6. The van der Waals surface area contributed by atoms with Crippen LogP contribution in [0, 0.1) is 18.3 Å². The zero-order chi connectivity index (χ0) is 25.3. The van der Waals surface area contributed by atoms with Crippen LogP contribution in [0.1, 0.15) is 30.2 Å². The van der Waals surface area contributed by atoms with E-state index in [0.29, 0.717) is 23.4 Å². The van der Waals surface area contributed by atoms with E-state index in [-0.39, 0.29) is 23.5 Å². The molecule has 0 atom stereocenters. The molecule has 2 aromatic heterocycles. The van der Waals surface area contributed by atoms with E-state index in [0.717, 1.165) is 21.3 Å². The number of nitrogens with zero attached hydrogens (tertiary/aromatic N) is 5. The minimum absolute atomic E-state index is 0.00198. The lowest BCUT2D eigenvalue weighted by Crippen LogP contribution is -2.41. The molecule has 2 heterocycles. The molecule has 0 fully saturated rings. The smallest absolute Gasteiger partial charge is 0.268 e. The van der Waals surface area contributed by atoms with Gasteiger partial charge in [-0.15, -0.1) is 0 Å². The molecule has 0 amide bonds. The first kappa shape index (κ1) is 23.8. The maximum Gasteiger partial charge on any atom is 0.416 e. The Morgan fingerprint density at radius 2 is 1.74 bits per heavy atom. The van der Waals surface area contributed by atoms with Crippen LogP contribution in [0.4, 0.5) is 13.2 Å². The highest BCUT2D eigenvalue weighted by Gasteiger charge is 2.31. The molecule has 7 nitrogen and oxygen atoms in total. The number of halogens is 3. The van der Waals surface area contributed by atoms with Crippen LogP contribution in [-0.4, -0.2) is 18.9 Å². The van der Waals surface area contributed by atoms with Gasteiger partial charge in [0.25, 0.3) is 5.56 Å². The summed E-state index contributed by atoms with van der Waals surface area (Å²) in [5.74, 6) is 0. The Balaban J connectivity index is 2.02. The molecule has 35 heavy (non-hydrogen) atoms. The number of benzene rings is 2. The van der Waals surface area contributed by atoms with E-state index in [1.165, 1.54) is 29.9 Å². The van der Waals surface area contributed by atoms with Gasteiger partial charge in [-0.2, -0.15) is 23.5 Å². The van der Waals surface area contributed by atoms with Crippen LogP contribution in [0.5, 0.6) is 0 Å². The summed E-state index contributed by atoms with van der Waals surface area (Å²) in [6.07, 6.45) is -2.64. The molecule has 0 aliphatic heterocycles. The van der Waals surface area contributed by atoms with Crippen molar-refractivity contribution in [3.8, 4) is 28.7 Å². The maximum absolute atomic E-state index is 13.5. The van der Waals surface area contributed by atoms with Crippen molar-refractivity contribution in [2.45, 2.75) is 33.0 Å². The van der Waals surface area contributed by atoms with Crippen LogP contribution in [0.2, 0.25) is 0 Å². The number of alkyl halides is 3. The molecular weight excluding hydrogens is 459 g/mol. The molecule has 0 saturated carbocycles. The summed E-state index contributed by atoms with van der Waals surface area (Å²) in [5.41, 5.74) is -0.489. The highest BCUT2D eigenvalue weighted by atomic mass is 19.4. The van der Waals surface area contributed by atoms with Crippen LogP contribution in [-0.2, 0) is 12.7 Å². The first-order chi connectivity index (χ1) is 16.7. The van der Waals surface area contributed by atoms with Gasteiger partial charge in [0.1, 0.15) is 0 Å². The van der Waals surface area contributed by atoms with E-state index in [4.69, 9.17) is 5.26 Å². The summed E-state index contributed by atoms with van der Waals surface area (Å²) in [4.78, 5) is 26.8. The van der Waals surface area contributed by atoms with Crippen LogP contribution in [0.25, 0.3) is 22.6 Å². The largest absolute Gasteiger partial charge is 0.416 e. The Morgan fingerprint density at radius 1 is 1.03 bits per heavy atom. The van der Waals surface area contributed by atoms with Gasteiger partial charge in [0.2, 0.25) is 0 Å². The van der Waals surface area contributed by atoms with Crippen molar-refractivity contribution in [1.82, 2.24) is 18.9 Å². The van der Waals surface area contributed by atoms with E-state index in [1.54, 1.807) is 37.3 Å². The van der Waals surface area contributed by atoms with Gasteiger partial charge in [0, 0.05) is 12.2 Å². The summed E-state index contributed by atoms with van der Waals surface area (Å²) < 4.78 is 43.8. The molecule has 0 aliphatic carbocycles. The molecule has 0 unspecified atom stereocenters. The fraction of sp³-hybridized carbons (Fsp3) is 0.200. The van der Waals surface area contributed by atoms with E-state index in [9.17, 15) is 22.8 Å². The van der Waals surface area contributed by atoms with E-state index < -0.39 is 23.0 Å². The lowest BCUT2D eigenvalue weighted by Gasteiger charge is -2.19. The topological polar surface area (TPSA) is 85.6 Å². The molecular formula is C25H20F3N5O2. The number of aromatic nitrogens is 4. The third kappa shape index (κ3) is 4.28. The van der Waals surface area contributed by atoms with Crippen LogP contribution in [0.15, 0.2) is 70.4 Å². The Morgan fingerprint density at radius 3 is 2.37 bits per heavy atom. The molecule has 178 valence electrons. The highest BCUT2D eigenvalue weighted by Crippen LogP contribution is 2.31. The summed E-state index contributed by atoms with van der Waals surface area (Å²) in [6.45, 7) is 3.40. The zero-order valence-electron chi connectivity index (χ0n) is 18.9. The summed E-state index contributed by atoms with van der Waals surface area (Å²) >= 11 is 0. The molecule has 4 aromatic rings. The number of nitriles is 1. The quantitative estimate of drug-likeness (QED) is 0.423. The van der Waals surface area contributed by atoms with Crippen molar-refractivity contribution in [3.63, 3.8) is 0 Å². The van der Waals surface area contributed by atoms with E-state index in [1.807, 2.05) is 6.07 Å². The molecule has 0 bridgehead atoms. The second-order valence-corrected chi connectivity index (χ2v) is 7.87. The number of rotatable bonds is 5. The van der Waals surface area contributed by atoms with Crippen molar-refractivity contribution < 1.29 is 13.2 Å². The molecule has 2 aromatic carbocycles. The summed E-state index contributed by atoms with van der Waals surface area (Å²) in [7, 11) is 0. The molecule has 0 saturated heterocycles. The normalized spacial score (nSPS) is 11.4. The molecule has 0 spiro atoms. The lowest BCUT2D eigenvalue weighted by atomic mass is 10.1. The predicted octanol–water partition coefficient (Wildman–Crippen LogP) is 4.46. The number of hydrogen-bond acceptors (Lipinski definition) is 4. The van der Waals surface area contributed by atoms with E-state index in [2.05, 4.69) is 5.10 Å². The third-order valence-electron chi connectivity index (χ3n) is 5.60. The monoisotopic (exact) mass is 479 g/mol. The van der Waals surface area contributed by atoms with Crippen molar-refractivity contribution in [2.24, 2.45) is 0 Å². The lowest BCUT2D eigenvalue weighted by molar-refractivity contribution is -0.137. The first-order valence-electron chi connectivity index (χ1n) is 10.8. The van der Waals surface area contributed by atoms with Crippen molar-refractivity contribution in [1.29, 1.82) is 5.26 Å². The second kappa shape index (κ2) is 9.10. The molecule has 4 rings (SSSR count). The molecule has 0 aliphatic rings. The minimum atomic E-state index is -4.59. The standard InChI is InChI=1S/C25H20F3N5O2/c1-3-13-31-23(34)22(21-11-12-30-33(21)19-9-7-17(15-29)8-10-19)16(2)32(24(31)35)20-6-4-5-18(14-20)25(26,27)28/h4-12,14H,3,13H2,1-2H3. The van der Waals surface area contributed by atoms with Gasteiger partial charge in [-0.05, 0) is 61.9 Å². The molecule has 10 heteroatoms. The zero-order valence-corrected chi connectivity index (χ0v) is 18.9. The van der Waals surface area contributed by atoms with Crippen LogP contribution in [0.3, 0.4) is 0 Å². The van der Waals surface area contributed by atoms with Gasteiger partial charge < -0.3 is 0 Å². The minimum Gasteiger partial charge on any atom is -0.268 e. The van der Waals surface area contributed by atoms with Gasteiger partial charge >= 0.3 is 11.9 Å². The fourth-order valence-electron chi connectivity index (χ4n) is 3.97. The second-order valence-electron chi connectivity index (χ2n) is 7.87. The first-order valence-corrected chi connectivity index (χ1v) is 10.8. The van der Waals surface area contributed by atoms with Gasteiger partial charge in [0.15, 0.2) is 0 Å². The average molecular weight is 479 g/mol. The Labute approximate surface area is 197 Å². The van der Waals surface area contributed by atoms with Gasteiger partial charge in [0.05, 0.1) is 46.0 Å². The van der Waals surface area contributed by atoms with Gasteiger partial charge in [-0.1, -0.05) is 13.0 Å². The Hall–Kier alpha value is -4.39. The third-order valence-corrected chi connectivity index (χ3v) is 5.60. The Kier molecular flexibility index (Phi) is 6.18. The fourth-order valence-corrected chi connectivity index (χ4v) is 3.97. The average Bonchev–Trinajstić information content (AvgIpc) is 3.31.